The molecule has 0 radical (unpaired) electrons. The van der Waals surface area contributed by atoms with Crippen LogP contribution < -0.4 is 0 Å². The van der Waals surface area contributed by atoms with Crippen LogP contribution in [-0.4, -0.2) is 37.4 Å². The first-order chi connectivity index (χ1) is 30.5. The van der Waals surface area contributed by atoms with Crippen LogP contribution in [0.25, 0.3) is 0 Å². The fourth-order valence-corrected chi connectivity index (χ4v) is 8.40. The van der Waals surface area contributed by atoms with Crippen LogP contribution in [0.3, 0.4) is 0 Å². The van der Waals surface area contributed by atoms with Crippen molar-refractivity contribution in [2.24, 2.45) is 75.8 Å². The van der Waals surface area contributed by atoms with Crippen molar-refractivity contribution >= 4 is 69.6 Å². The maximum absolute atomic E-state index is 13.9. The number of hydrogen-bond donors (Lipinski definition) is 0. The maximum atomic E-state index is 13.9. The van der Waals surface area contributed by atoms with Crippen LogP contribution in [0.1, 0.15) is 291 Å². The molecule has 458 valence electrons. The lowest BCUT2D eigenvalue weighted by molar-refractivity contribution is -0.173. The molecule has 0 heterocycles. The smallest absolute Gasteiger partial charge is 0.246 e. The first-order valence-electron chi connectivity index (χ1n) is 26.9. The van der Waals surface area contributed by atoms with Crippen LogP contribution in [0, 0.1) is 75.8 Å². The summed E-state index contributed by atoms with van der Waals surface area (Å²) >= 11 is 36.6. The monoisotopic (exact) mass is 1190 g/mol. The van der Waals surface area contributed by atoms with Crippen molar-refractivity contribution in [2.75, 3.05) is 0 Å². The van der Waals surface area contributed by atoms with E-state index in [0.29, 0.717) is 0 Å². The second-order valence-electron chi connectivity index (χ2n) is 35.6. The SMILES string of the molecule is CC(C)(C)C(Cl)(Cl)C(C)(C)C.CC(C)(C)C(Cl)C(C)(C)C.CC(C)(C)C(Cl)C(C)(C)C.CC(C)(C)C(F)(Cl)C(C)(C)C.CC(C)(C)C(F)(Cl)C(C)(C)C.CC(C)(C)C(F)(F)C(C)(C)C.CC(C)(C)C(F)C(C)(C)C. The number of alkyl halides is 11. The van der Waals surface area contributed by atoms with Gasteiger partial charge in [-0.05, 0) is 43.3 Å². The van der Waals surface area contributed by atoms with Gasteiger partial charge in [-0.2, -0.15) is 0 Å². The Morgan fingerprint density at radius 3 is 0.365 bits per heavy atom. The molecule has 0 rings (SSSR count). The molecule has 0 aromatic carbocycles. The summed E-state index contributed by atoms with van der Waals surface area (Å²) in [6, 6.07) is 0. The molecular weight excluding hydrogens is 1060 g/mol. The van der Waals surface area contributed by atoms with Crippen molar-refractivity contribution in [1.82, 2.24) is 0 Å². The summed E-state index contributed by atoms with van der Waals surface area (Å²) in [6.07, 6.45) is -0.736. The minimum atomic E-state index is -2.63. The van der Waals surface area contributed by atoms with E-state index in [-0.39, 0.29) is 54.1 Å². The summed E-state index contributed by atoms with van der Waals surface area (Å²) < 4.78 is 67.4. The third-order valence-electron chi connectivity index (χ3n) is 12.1. The molecule has 11 heteroatoms. The zero-order valence-electron chi connectivity index (χ0n) is 56.9. The van der Waals surface area contributed by atoms with E-state index in [2.05, 4.69) is 125 Å². The third kappa shape index (κ3) is 32.1. The van der Waals surface area contributed by atoms with Crippen LogP contribution in [0.15, 0.2) is 0 Å². The van der Waals surface area contributed by atoms with Crippen LogP contribution in [0.2, 0.25) is 0 Å². The predicted molar refractivity (Wildman–Crippen MR) is 335 cm³/mol. The van der Waals surface area contributed by atoms with E-state index in [1.807, 2.05) is 125 Å². The van der Waals surface area contributed by atoms with Crippen LogP contribution in [0.5, 0.6) is 0 Å². The third-order valence-corrected chi connectivity index (χ3v) is 19.3. The van der Waals surface area contributed by atoms with Crippen molar-refractivity contribution < 1.29 is 22.0 Å². The van der Waals surface area contributed by atoms with Crippen LogP contribution in [0.4, 0.5) is 22.0 Å². The molecule has 0 saturated heterocycles. The lowest BCUT2D eigenvalue weighted by atomic mass is 9.73. The molecule has 0 spiro atoms. The fourth-order valence-electron chi connectivity index (χ4n) is 8.40. The molecule has 0 aromatic heterocycles. The van der Waals surface area contributed by atoms with Gasteiger partial charge in [0.05, 0.1) is 0 Å². The van der Waals surface area contributed by atoms with E-state index >= 15 is 0 Å². The molecule has 0 aliphatic rings. The van der Waals surface area contributed by atoms with Gasteiger partial charge in [-0.15, -0.1) is 46.4 Å². The van der Waals surface area contributed by atoms with E-state index in [1.54, 1.807) is 41.5 Å². The minimum absolute atomic E-state index is 0.0889. The first-order valence-corrected chi connectivity index (χ1v) is 29.3. The van der Waals surface area contributed by atoms with Gasteiger partial charge in [0.15, 0.2) is 10.3 Å². The summed E-state index contributed by atoms with van der Waals surface area (Å²) in [7, 11) is 0. The van der Waals surface area contributed by atoms with E-state index in [0.717, 1.165) is 0 Å². The van der Waals surface area contributed by atoms with E-state index in [9.17, 15) is 22.0 Å². The van der Waals surface area contributed by atoms with Crippen LogP contribution >= 0.6 is 69.6 Å². The molecule has 0 atom stereocenters. The van der Waals surface area contributed by atoms with Gasteiger partial charge in [-0.1, -0.05) is 314 Å². The summed E-state index contributed by atoms with van der Waals surface area (Å²) in [6.45, 7) is 81.2. The quantitative estimate of drug-likeness (QED) is 0.168. The van der Waals surface area contributed by atoms with Gasteiger partial charge in [0.2, 0.25) is 0 Å². The average Bonchev–Trinajstić information content (AvgIpc) is 3.02. The molecule has 0 fully saturated rings. The highest BCUT2D eigenvalue weighted by molar-refractivity contribution is 6.49. The zero-order chi connectivity index (χ0) is 63.7. The normalized spacial score (nSPS) is 14.9. The van der Waals surface area contributed by atoms with E-state index < -0.39 is 59.2 Å². The van der Waals surface area contributed by atoms with Gasteiger partial charge in [-0.3, -0.25) is 0 Å². The van der Waals surface area contributed by atoms with Gasteiger partial charge in [0.25, 0.3) is 5.92 Å². The van der Waals surface area contributed by atoms with Gasteiger partial charge < -0.3 is 0 Å². The Kier molecular flexibility index (Phi) is 34.5. The van der Waals surface area contributed by atoms with Crippen molar-refractivity contribution in [3.63, 3.8) is 0 Å². The molecule has 0 unspecified atom stereocenters. The van der Waals surface area contributed by atoms with Gasteiger partial charge in [-0.25, -0.2) is 22.0 Å². The largest absolute Gasteiger partial charge is 0.257 e. The Hall–Kier alpha value is 1.39. The second kappa shape index (κ2) is 28.6. The Bertz CT molecular complexity index is 1190. The highest BCUT2D eigenvalue weighted by Gasteiger charge is 2.53. The molecule has 0 amide bonds. The lowest BCUT2D eigenvalue weighted by Gasteiger charge is -2.44. The van der Waals surface area contributed by atoms with Gasteiger partial charge >= 0.3 is 0 Å². The number of hydrogen-bond acceptors (Lipinski definition) is 0. The lowest BCUT2D eigenvalue weighted by Crippen LogP contribution is -2.45. The molecule has 0 saturated carbocycles. The predicted octanol–water partition coefficient (Wildman–Crippen LogP) is 26.7. The van der Waals surface area contributed by atoms with E-state index in [1.165, 1.54) is 0 Å². The Morgan fingerprint density at radius 1 is 0.230 bits per heavy atom. The highest BCUT2D eigenvalue weighted by Crippen LogP contribution is 2.53. The minimum Gasteiger partial charge on any atom is -0.246 e. The molecule has 0 aromatic rings. The van der Waals surface area contributed by atoms with Crippen LogP contribution in [-0.2, 0) is 0 Å². The molecule has 0 bridgehead atoms. The highest BCUT2D eigenvalue weighted by atomic mass is 35.5. The maximum Gasteiger partial charge on any atom is 0.257 e. The molecular formula is C63H129Cl6F5. The van der Waals surface area contributed by atoms with E-state index in [4.69, 9.17) is 69.6 Å². The summed E-state index contributed by atoms with van der Waals surface area (Å²) in [5.74, 6) is -2.63. The van der Waals surface area contributed by atoms with Gasteiger partial charge in [0, 0.05) is 43.2 Å². The van der Waals surface area contributed by atoms with Crippen molar-refractivity contribution in [1.29, 1.82) is 0 Å². The van der Waals surface area contributed by atoms with Gasteiger partial charge in [0.1, 0.15) is 10.5 Å². The van der Waals surface area contributed by atoms with Crippen molar-refractivity contribution in [3.8, 4) is 0 Å². The molecule has 74 heavy (non-hydrogen) atoms. The molecule has 0 N–H and O–H groups in total. The molecule has 0 aliphatic carbocycles. The first kappa shape index (κ1) is 89.2. The summed E-state index contributed by atoms with van der Waals surface area (Å²) in [5.41, 5.74) is -3.78. The topological polar surface area (TPSA) is 0 Å². The standard InChI is InChI=1S/C9H18Cl2.2C9H18ClF.2C9H19Cl.C9H18F2.C9H19F/c3*1-7(2,3)9(10,11)8(4,5)6;2*1-8(2,3)7(10)9(4,5)6;1-7(2,3)9(10,11)8(4,5)6;1-8(2,3)7(10)9(4,5)6/h3*1-6H3;2*7H,1-6H3;1-6H3;7H,1-6H3. The summed E-state index contributed by atoms with van der Waals surface area (Å²) in [5, 5.41) is -2.83. The average molecular weight is 1190 g/mol. The molecule has 0 aliphatic heterocycles. The second-order valence-corrected chi connectivity index (χ2v) is 38.8. The Labute approximate surface area is 492 Å². The number of halogens is 11. The van der Waals surface area contributed by atoms with Crippen molar-refractivity contribution in [3.05, 3.63) is 0 Å². The Balaban J connectivity index is -0.000000142. The Morgan fingerprint density at radius 2 is 0.365 bits per heavy atom. The summed E-state index contributed by atoms with van der Waals surface area (Å²) in [4.78, 5) is 0. The number of rotatable bonds is 0. The fraction of sp³-hybridized carbons (Fsp3) is 1.00. The molecule has 0 nitrogen and oxygen atoms in total. The van der Waals surface area contributed by atoms with Crippen molar-refractivity contribution in [2.45, 2.75) is 328 Å². The zero-order valence-corrected chi connectivity index (χ0v) is 61.4.